The fourth-order valence-electron chi connectivity index (χ4n) is 2.31. The van der Waals surface area contributed by atoms with E-state index in [1.165, 1.54) is 17.7 Å². The second kappa shape index (κ2) is 6.75. The van der Waals surface area contributed by atoms with E-state index in [1.807, 2.05) is 42.5 Å². The SMILES string of the molecule is O=C(C=Cc1ccc(-c2ccccc2)cc1)c1ccc(O)cc1. The summed E-state index contributed by atoms with van der Waals surface area (Å²) in [5.41, 5.74) is 3.84. The van der Waals surface area contributed by atoms with Crippen LogP contribution in [-0.2, 0) is 0 Å². The third-order valence-electron chi connectivity index (χ3n) is 3.60. The monoisotopic (exact) mass is 300 g/mol. The summed E-state index contributed by atoms with van der Waals surface area (Å²) in [4.78, 5) is 12.0. The Hall–Kier alpha value is -3.13. The maximum absolute atomic E-state index is 12.0. The highest BCUT2D eigenvalue weighted by Crippen LogP contribution is 2.19. The number of carbonyl (C=O) groups is 1. The molecule has 0 aliphatic heterocycles. The van der Waals surface area contributed by atoms with Gasteiger partial charge in [-0.3, -0.25) is 4.79 Å². The van der Waals surface area contributed by atoms with Crippen molar-refractivity contribution in [2.75, 3.05) is 0 Å². The summed E-state index contributed by atoms with van der Waals surface area (Å²) < 4.78 is 0. The Balaban J connectivity index is 1.73. The van der Waals surface area contributed by atoms with Gasteiger partial charge in [0.25, 0.3) is 0 Å². The minimum Gasteiger partial charge on any atom is -0.508 e. The molecule has 3 rings (SSSR count). The lowest BCUT2D eigenvalue weighted by molar-refractivity contribution is 0.104. The molecular formula is C21H16O2. The second-order valence-electron chi connectivity index (χ2n) is 5.23. The first-order valence-corrected chi connectivity index (χ1v) is 7.39. The predicted octanol–water partition coefficient (Wildman–Crippen LogP) is 4.96. The van der Waals surface area contributed by atoms with Crippen molar-refractivity contribution < 1.29 is 9.90 Å². The molecule has 0 spiro atoms. The Morgan fingerprint density at radius 1 is 0.739 bits per heavy atom. The van der Waals surface area contributed by atoms with Crippen molar-refractivity contribution in [1.82, 2.24) is 0 Å². The van der Waals surface area contributed by atoms with Crippen molar-refractivity contribution in [2.45, 2.75) is 0 Å². The molecular weight excluding hydrogens is 284 g/mol. The van der Waals surface area contributed by atoms with Crippen LogP contribution in [0.5, 0.6) is 5.75 Å². The highest BCUT2D eigenvalue weighted by atomic mass is 16.3. The summed E-state index contributed by atoms with van der Waals surface area (Å²) in [7, 11) is 0. The highest BCUT2D eigenvalue weighted by Gasteiger charge is 2.01. The Labute approximate surface area is 135 Å². The molecule has 0 atom stereocenters. The van der Waals surface area contributed by atoms with E-state index in [2.05, 4.69) is 12.1 Å². The highest BCUT2D eigenvalue weighted by molar-refractivity contribution is 6.06. The summed E-state index contributed by atoms with van der Waals surface area (Å²) in [6.45, 7) is 0. The van der Waals surface area contributed by atoms with Crippen LogP contribution >= 0.6 is 0 Å². The molecule has 23 heavy (non-hydrogen) atoms. The van der Waals surface area contributed by atoms with Gasteiger partial charge in [0.05, 0.1) is 0 Å². The lowest BCUT2D eigenvalue weighted by atomic mass is 10.0. The maximum atomic E-state index is 12.0. The molecule has 0 saturated heterocycles. The first kappa shape index (κ1) is 14.8. The van der Waals surface area contributed by atoms with E-state index >= 15 is 0 Å². The van der Waals surface area contributed by atoms with Gasteiger partial charge >= 0.3 is 0 Å². The van der Waals surface area contributed by atoms with E-state index in [1.54, 1.807) is 24.3 Å². The smallest absolute Gasteiger partial charge is 0.185 e. The number of carbonyl (C=O) groups excluding carboxylic acids is 1. The standard InChI is InChI=1S/C21H16O2/c22-20-13-11-19(12-14-20)21(23)15-8-16-6-9-18(10-7-16)17-4-2-1-3-5-17/h1-15,22H. The molecule has 3 aromatic carbocycles. The van der Waals surface area contributed by atoms with Crippen LogP contribution in [0.4, 0.5) is 0 Å². The Bertz CT molecular complexity index is 814. The van der Waals surface area contributed by atoms with Crippen LogP contribution in [-0.4, -0.2) is 10.9 Å². The van der Waals surface area contributed by atoms with Crippen LogP contribution in [0.15, 0.2) is 84.9 Å². The van der Waals surface area contributed by atoms with Crippen molar-refractivity contribution >= 4 is 11.9 Å². The van der Waals surface area contributed by atoms with Crippen LogP contribution in [0.25, 0.3) is 17.2 Å². The van der Waals surface area contributed by atoms with Gasteiger partial charge in [-0.15, -0.1) is 0 Å². The van der Waals surface area contributed by atoms with E-state index in [0.717, 1.165) is 11.1 Å². The van der Waals surface area contributed by atoms with Crippen LogP contribution in [0.1, 0.15) is 15.9 Å². The summed E-state index contributed by atoms with van der Waals surface area (Å²) in [5, 5.41) is 9.24. The minimum absolute atomic E-state index is 0.0860. The largest absolute Gasteiger partial charge is 0.508 e. The normalized spacial score (nSPS) is 10.8. The molecule has 0 aliphatic rings. The van der Waals surface area contributed by atoms with Gasteiger partial charge in [-0.1, -0.05) is 60.7 Å². The molecule has 1 N–H and O–H groups in total. The third kappa shape index (κ3) is 3.74. The zero-order valence-corrected chi connectivity index (χ0v) is 12.5. The second-order valence-corrected chi connectivity index (χ2v) is 5.23. The molecule has 0 radical (unpaired) electrons. The average Bonchev–Trinajstić information content (AvgIpc) is 2.61. The fourth-order valence-corrected chi connectivity index (χ4v) is 2.31. The van der Waals surface area contributed by atoms with Gasteiger partial charge in [0.1, 0.15) is 5.75 Å². The summed E-state index contributed by atoms with van der Waals surface area (Å²) in [6, 6.07) is 24.5. The third-order valence-corrected chi connectivity index (χ3v) is 3.60. The molecule has 3 aromatic rings. The van der Waals surface area contributed by atoms with E-state index in [9.17, 15) is 9.90 Å². The first-order chi connectivity index (χ1) is 11.2. The lowest BCUT2D eigenvalue weighted by Crippen LogP contribution is -1.92. The predicted molar refractivity (Wildman–Crippen MR) is 93.3 cm³/mol. The maximum Gasteiger partial charge on any atom is 0.185 e. The number of rotatable bonds is 4. The van der Waals surface area contributed by atoms with Gasteiger partial charge in [0, 0.05) is 5.56 Å². The van der Waals surface area contributed by atoms with Crippen molar-refractivity contribution in [3.8, 4) is 16.9 Å². The number of phenols is 1. The number of hydrogen-bond acceptors (Lipinski definition) is 2. The molecule has 112 valence electrons. The summed E-state index contributed by atoms with van der Waals surface area (Å²) >= 11 is 0. The number of ketones is 1. The van der Waals surface area contributed by atoms with E-state index in [-0.39, 0.29) is 11.5 Å². The topological polar surface area (TPSA) is 37.3 Å². The number of benzene rings is 3. The average molecular weight is 300 g/mol. The molecule has 2 heteroatoms. The van der Waals surface area contributed by atoms with Gasteiger partial charge in [-0.25, -0.2) is 0 Å². The Morgan fingerprint density at radius 2 is 1.35 bits per heavy atom. The van der Waals surface area contributed by atoms with E-state index in [4.69, 9.17) is 0 Å². The van der Waals surface area contributed by atoms with Crippen molar-refractivity contribution in [1.29, 1.82) is 0 Å². The van der Waals surface area contributed by atoms with Crippen LogP contribution in [0.2, 0.25) is 0 Å². The van der Waals surface area contributed by atoms with Crippen molar-refractivity contribution in [3.05, 3.63) is 96.1 Å². The van der Waals surface area contributed by atoms with Crippen molar-refractivity contribution in [3.63, 3.8) is 0 Å². The minimum atomic E-state index is -0.0860. The molecule has 0 amide bonds. The van der Waals surface area contributed by atoms with E-state index in [0.29, 0.717) is 5.56 Å². The molecule has 0 unspecified atom stereocenters. The van der Waals surface area contributed by atoms with Crippen LogP contribution in [0, 0.1) is 0 Å². The Morgan fingerprint density at radius 3 is 2.00 bits per heavy atom. The zero-order valence-electron chi connectivity index (χ0n) is 12.5. The van der Waals surface area contributed by atoms with Gasteiger partial charge in [0.2, 0.25) is 0 Å². The van der Waals surface area contributed by atoms with Crippen molar-refractivity contribution in [2.24, 2.45) is 0 Å². The number of aromatic hydroxyl groups is 1. The number of phenolic OH excluding ortho intramolecular Hbond substituents is 1. The molecule has 0 heterocycles. The van der Waals surface area contributed by atoms with Crippen LogP contribution in [0.3, 0.4) is 0 Å². The molecule has 0 bridgehead atoms. The van der Waals surface area contributed by atoms with E-state index < -0.39 is 0 Å². The lowest BCUT2D eigenvalue weighted by Gasteiger charge is -2.02. The Kier molecular flexibility index (Phi) is 4.34. The fraction of sp³-hybridized carbons (Fsp3) is 0. The quantitative estimate of drug-likeness (QED) is 0.546. The molecule has 0 aliphatic carbocycles. The first-order valence-electron chi connectivity index (χ1n) is 7.39. The number of hydrogen-bond donors (Lipinski definition) is 1. The molecule has 0 fully saturated rings. The van der Waals surface area contributed by atoms with Crippen LogP contribution < -0.4 is 0 Å². The molecule has 0 aromatic heterocycles. The summed E-state index contributed by atoms with van der Waals surface area (Å²) in [5.74, 6) is 0.0687. The zero-order chi connectivity index (χ0) is 16.1. The number of allylic oxidation sites excluding steroid dienone is 1. The molecule has 2 nitrogen and oxygen atoms in total. The van der Waals surface area contributed by atoms with Gasteiger partial charge < -0.3 is 5.11 Å². The van der Waals surface area contributed by atoms with Gasteiger partial charge in [-0.2, -0.15) is 0 Å². The summed E-state index contributed by atoms with van der Waals surface area (Å²) in [6.07, 6.45) is 3.34. The van der Waals surface area contributed by atoms with Gasteiger partial charge in [0.15, 0.2) is 5.78 Å². The molecule has 0 saturated carbocycles. The van der Waals surface area contributed by atoms with Gasteiger partial charge in [-0.05, 0) is 47.0 Å².